The molecule has 2 fully saturated rings. The molecule has 0 amide bonds. The molecule has 1 saturated heterocycles. The Morgan fingerprint density at radius 1 is 0.780 bits per heavy atom. The van der Waals surface area contributed by atoms with Crippen LogP contribution in [-0.4, -0.2) is 69.9 Å². The van der Waals surface area contributed by atoms with E-state index >= 15 is 0 Å². The number of hydrogen-bond acceptors (Lipinski definition) is 7. The summed E-state index contributed by atoms with van der Waals surface area (Å²) < 4.78 is 11.8. The molecule has 2 unspecified atom stereocenters. The van der Waals surface area contributed by atoms with E-state index in [2.05, 4.69) is 12.1 Å². The zero-order valence-electron chi connectivity index (χ0n) is 22.9. The van der Waals surface area contributed by atoms with Gasteiger partial charge < -0.3 is 29.9 Å². The third-order valence-electron chi connectivity index (χ3n) is 8.76. The summed E-state index contributed by atoms with van der Waals surface area (Å²) in [7, 11) is 0. The number of carbonyl (C=O) groups is 1. The van der Waals surface area contributed by atoms with Crippen molar-refractivity contribution < 1.29 is 34.7 Å². The van der Waals surface area contributed by atoms with Crippen LogP contribution in [0.4, 0.5) is 0 Å². The predicted octanol–water partition coefficient (Wildman–Crippen LogP) is 4.30. The van der Waals surface area contributed by atoms with Crippen LogP contribution in [0, 0.1) is 5.92 Å². The molecule has 7 heteroatoms. The van der Waals surface area contributed by atoms with Crippen molar-refractivity contribution in [2.45, 2.75) is 62.6 Å². The molecule has 0 spiro atoms. The largest absolute Gasteiger partial charge is 0.490 e. The maximum absolute atomic E-state index is 12.7. The molecule has 1 saturated carbocycles. The van der Waals surface area contributed by atoms with Crippen molar-refractivity contribution in [1.82, 2.24) is 0 Å². The van der Waals surface area contributed by atoms with Crippen molar-refractivity contribution in [3.05, 3.63) is 89.5 Å². The molecule has 0 radical (unpaired) electrons. The van der Waals surface area contributed by atoms with E-state index in [-0.39, 0.29) is 12.4 Å². The normalized spacial score (nSPS) is 28.0. The molecule has 6 rings (SSSR count). The van der Waals surface area contributed by atoms with Gasteiger partial charge in [-0.2, -0.15) is 0 Å². The molecule has 5 atom stereocenters. The molecule has 7 nitrogen and oxygen atoms in total. The third-order valence-corrected chi connectivity index (χ3v) is 8.76. The van der Waals surface area contributed by atoms with Gasteiger partial charge in [0.15, 0.2) is 5.78 Å². The van der Waals surface area contributed by atoms with Gasteiger partial charge in [-0.25, -0.2) is 0 Å². The first kappa shape index (κ1) is 27.8. The molecule has 0 bridgehead atoms. The van der Waals surface area contributed by atoms with Crippen molar-refractivity contribution in [3.8, 4) is 5.75 Å². The van der Waals surface area contributed by atoms with E-state index in [0.29, 0.717) is 11.7 Å². The third kappa shape index (κ3) is 5.25. The number of rotatable bonds is 6. The summed E-state index contributed by atoms with van der Waals surface area (Å²) in [4.78, 5) is 12.7. The van der Waals surface area contributed by atoms with Crippen molar-refractivity contribution in [3.63, 3.8) is 0 Å². The van der Waals surface area contributed by atoms with Crippen molar-refractivity contribution in [2.75, 3.05) is 13.2 Å². The quantitative estimate of drug-likeness (QED) is 0.358. The molecule has 3 aromatic rings. The topological polar surface area (TPSA) is 116 Å². The lowest BCUT2D eigenvalue weighted by molar-refractivity contribution is -0.234. The molecular weight excluding hydrogens is 520 g/mol. The fraction of sp³-hybridized carbons (Fsp3) is 0.382. The maximum atomic E-state index is 12.7. The summed E-state index contributed by atoms with van der Waals surface area (Å²) in [5, 5.41) is 42.2. The molecule has 3 aromatic carbocycles. The van der Waals surface area contributed by atoms with E-state index in [0.717, 1.165) is 45.9 Å². The first-order valence-corrected chi connectivity index (χ1v) is 14.5. The van der Waals surface area contributed by atoms with Gasteiger partial charge in [-0.3, -0.25) is 4.79 Å². The van der Waals surface area contributed by atoms with E-state index in [1.54, 1.807) is 6.08 Å². The van der Waals surface area contributed by atoms with Crippen LogP contribution < -0.4 is 4.74 Å². The summed E-state index contributed by atoms with van der Waals surface area (Å²) >= 11 is 0. The second-order valence-corrected chi connectivity index (χ2v) is 11.2. The Hall–Kier alpha value is -3.33. The number of ketones is 1. The molecular formula is C34H36O7. The highest BCUT2D eigenvalue weighted by molar-refractivity contribution is 6.16. The van der Waals surface area contributed by atoms with Crippen molar-refractivity contribution in [1.29, 1.82) is 0 Å². The highest BCUT2D eigenvalue weighted by Crippen LogP contribution is 2.45. The number of aliphatic hydroxyl groups is 4. The Labute approximate surface area is 239 Å². The fourth-order valence-electron chi connectivity index (χ4n) is 6.60. The fourth-order valence-corrected chi connectivity index (χ4v) is 6.60. The van der Waals surface area contributed by atoms with E-state index in [1.807, 2.05) is 54.6 Å². The standard InChI is InChI=1S/C34H36O7/c35-18-29-32(37)34(39)33(38)30(41-29)19-40-28-17-15-26(22-11-5-7-13-24(22)28)31(20-8-2-1-3-9-20)25-14-16-27(36)23-12-6-4-10-21(23)25/h4-7,10-17,20,29-30,32-35,37-39H,1-3,8-9,18-19H2/b31-25+/t29?,30-,32-,33?,34+/m0/s1. The van der Waals surface area contributed by atoms with E-state index in [1.165, 1.54) is 24.8 Å². The molecule has 0 aromatic heterocycles. The van der Waals surface area contributed by atoms with Crippen LogP contribution in [0.1, 0.15) is 53.6 Å². The molecule has 4 N–H and O–H groups in total. The molecule has 3 aliphatic rings. The number of carbonyl (C=O) groups excluding carboxylic acids is 1. The van der Waals surface area contributed by atoms with Crippen LogP contribution >= 0.6 is 0 Å². The summed E-state index contributed by atoms with van der Waals surface area (Å²) in [6.45, 7) is -0.555. The maximum Gasteiger partial charge on any atom is 0.186 e. The zero-order valence-corrected chi connectivity index (χ0v) is 22.9. The monoisotopic (exact) mass is 556 g/mol. The summed E-state index contributed by atoms with van der Waals surface area (Å²) in [6.07, 6.45) is 3.29. The Morgan fingerprint density at radius 2 is 1.46 bits per heavy atom. The van der Waals surface area contributed by atoms with Crippen LogP contribution in [0.5, 0.6) is 5.75 Å². The highest BCUT2D eigenvalue weighted by atomic mass is 16.6. The minimum absolute atomic E-state index is 0.0224. The Kier molecular flexibility index (Phi) is 8.06. The minimum Gasteiger partial charge on any atom is -0.490 e. The van der Waals surface area contributed by atoms with Crippen LogP contribution in [0.15, 0.2) is 72.8 Å². The molecule has 1 heterocycles. The van der Waals surface area contributed by atoms with Gasteiger partial charge in [0.05, 0.1) is 6.61 Å². The lowest BCUT2D eigenvalue weighted by Crippen LogP contribution is -2.59. The lowest BCUT2D eigenvalue weighted by Gasteiger charge is -2.39. The molecule has 1 aliphatic heterocycles. The average molecular weight is 557 g/mol. The van der Waals surface area contributed by atoms with Crippen LogP contribution in [0.3, 0.4) is 0 Å². The van der Waals surface area contributed by atoms with E-state index in [9.17, 15) is 25.2 Å². The van der Waals surface area contributed by atoms with Crippen molar-refractivity contribution in [2.24, 2.45) is 5.92 Å². The summed E-state index contributed by atoms with van der Waals surface area (Å²) in [5.74, 6) is 0.979. The van der Waals surface area contributed by atoms with Gasteiger partial charge in [-0.05, 0) is 58.6 Å². The van der Waals surface area contributed by atoms with Crippen LogP contribution in [-0.2, 0) is 4.74 Å². The smallest absolute Gasteiger partial charge is 0.186 e. The molecule has 214 valence electrons. The number of fused-ring (bicyclic) bond motifs is 2. The number of ether oxygens (including phenoxy) is 2. The SMILES string of the molecule is O=C1C=C/C(=C(\c2ccc(OC[C@@H]3OC(CO)[C@H](O)[C@@H](O)C3O)c3ccccc23)C2CCCCC2)c2ccccc21. The van der Waals surface area contributed by atoms with Crippen molar-refractivity contribution >= 4 is 27.7 Å². The molecule has 2 aliphatic carbocycles. The van der Waals surface area contributed by atoms with Crippen LogP contribution in [0.2, 0.25) is 0 Å². The zero-order chi connectivity index (χ0) is 28.5. The first-order chi connectivity index (χ1) is 20.0. The number of hydrogen-bond donors (Lipinski definition) is 4. The Balaban J connectivity index is 1.41. The Bertz CT molecular complexity index is 1480. The van der Waals surface area contributed by atoms with Gasteiger partial charge >= 0.3 is 0 Å². The van der Waals surface area contributed by atoms with Gasteiger partial charge in [-0.1, -0.05) is 79.9 Å². The number of aliphatic hydroxyl groups excluding tert-OH is 4. The second-order valence-electron chi connectivity index (χ2n) is 11.2. The summed E-state index contributed by atoms with van der Waals surface area (Å²) in [5.41, 5.74) is 5.14. The van der Waals surface area contributed by atoms with Gasteiger partial charge in [0, 0.05) is 10.9 Å². The minimum atomic E-state index is -1.45. The van der Waals surface area contributed by atoms with Crippen LogP contribution in [0.25, 0.3) is 21.9 Å². The van der Waals surface area contributed by atoms with Gasteiger partial charge in [0.25, 0.3) is 0 Å². The predicted molar refractivity (Wildman–Crippen MR) is 157 cm³/mol. The van der Waals surface area contributed by atoms with Gasteiger partial charge in [-0.15, -0.1) is 0 Å². The lowest BCUT2D eigenvalue weighted by atomic mass is 9.75. The number of benzene rings is 3. The molecule has 41 heavy (non-hydrogen) atoms. The first-order valence-electron chi connectivity index (χ1n) is 14.5. The van der Waals surface area contributed by atoms with E-state index in [4.69, 9.17) is 9.47 Å². The van der Waals surface area contributed by atoms with E-state index < -0.39 is 37.1 Å². The number of allylic oxidation sites excluding steroid dienone is 4. The second kappa shape index (κ2) is 11.9. The van der Waals surface area contributed by atoms with Gasteiger partial charge in [0.2, 0.25) is 0 Å². The Morgan fingerprint density at radius 3 is 2.22 bits per heavy atom. The summed E-state index contributed by atoms with van der Waals surface area (Å²) in [6, 6.07) is 19.9. The highest BCUT2D eigenvalue weighted by Gasteiger charge is 2.43. The van der Waals surface area contributed by atoms with Gasteiger partial charge in [0.1, 0.15) is 42.9 Å². The average Bonchev–Trinajstić information content (AvgIpc) is 3.02.